The summed E-state index contributed by atoms with van der Waals surface area (Å²) in [6.45, 7) is 1.94. The van der Waals surface area contributed by atoms with Crippen molar-refractivity contribution in [1.82, 2.24) is 4.98 Å². The Morgan fingerprint density at radius 2 is 1.95 bits per heavy atom. The molecule has 3 aromatic rings. The standard InChI is InChI=1S/C16H11BrINO/c1-9-15(11-4-2-3-5-14(11)19-9)16(20)12-8-10(17)6-7-13(12)18/h2-8,19H,1H3. The van der Waals surface area contributed by atoms with Crippen molar-refractivity contribution in [2.75, 3.05) is 0 Å². The molecule has 4 heteroatoms. The Hall–Kier alpha value is -1.14. The van der Waals surface area contributed by atoms with Crippen molar-refractivity contribution >= 4 is 55.2 Å². The molecule has 3 rings (SSSR count). The molecular weight excluding hydrogens is 429 g/mol. The molecule has 100 valence electrons. The fourth-order valence-electron chi connectivity index (χ4n) is 2.38. The van der Waals surface area contributed by atoms with Gasteiger partial charge in [-0.05, 0) is 53.8 Å². The second kappa shape index (κ2) is 5.33. The number of hydrogen-bond donors (Lipinski definition) is 1. The zero-order valence-electron chi connectivity index (χ0n) is 10.7. The largest absolute Gasteiger partial charge is 0.358 e. The highest BCUT2D eigenvalue weighted by Crippen LogP contribution is 2.27. The Kier molecular flexibility index (Phi) is 3.69. The second-order valence-electron chi connectivity index (χ2n) is 4.62. The molecule has 2 aromatic carbocycles. The van der Waals surface area contributed by atoms with Gasteiger partial charge in [-0.1, -0.05) is 34.1 Å². The van der Waals surface area contributed by atoms with Crippen LogP contribution in [0, 0.1) is 10.5 Å². The Morgan fingerprint density at radius 3 is 2.75 bits per heavy atom. The van der Waals surface area contributed by atoms with Crippen LogP contribution < -0.4 is 0 Å². The van der Waals surface area contributed by atoms with E-state index in [4.69, 9.17) is 0 Å². The van der Waals surface area contributed by atoms with Gasteiger partial charge in [-0.25, -0.2) is 0 Å². The molecule has 1 heterocycles. The van der Waals surface area contributed by atoms with Gasteiger partial charge in [0.25, 0.3) is 0 Å². The van der Waals surface area contributed by atoms with E-state index in [2.05, 4.69) is 43.5 Å². The molecule has 0 bridgehead atoms. The minimum Gasteiger partial charge on any atom is -0.358 e. The van der Waals surface area contributed by atoms with Crippen molar-refractivity contribution in [1.29, 1.82) is 0 Å². The third-order valence-electron chi connectivity index (χ3n) is 3.29. The highest BCUT2D eigenvalue weighted by molar-refractivity contribution is 14.1. The van der Waals surface area contributed by atoms with Crippen molar-refractivity contribution < 1.29 is 4.79 Å². The number of carbonyl (C=O) groups excluding carboxylic acids is 1. The number of aromatic nitrogens is 1. The maximum atomic E-state index is 12.9. The number of benzene rings is 2. The van der Waals surface area contributed by atoms with Crippen molar-refractivity contribution in [3.05, 3.63) is 67.3 Å². The Morgan fingerprint density at radius 1 is 1.20 bits per heavy atom. The van der Waals surface area contributed by atoms with E-state index in [0.29, 0.717) is 0 Å². The van der Waals surface area contributed by atoms with E-state index in [-0.39, 0.29) is 5.78 Å². The van der Waals surface area contributed by atoms with Gasteiger partial charge < -0.3 is 4.98 Å². The van der Waals surface area contributed by atoms with Gasteiger partial charge in [0.2, 0.25) is 0 Å². The minimum atomic E-state index is 0.0608. The van der Waals surface area contributed by atoms with E-state index in [1.165, 1.54) is 0 Å². The molecule has 0 aliphatic carbocycles. The summed E-state index contributed by atoms with van der Waals surface area (Å²) < 4.78 is 1.87. The van der Waals surface area contributed by atoms with Crippen LogP contribution in [-0.2, 0) is 0 Å². The van der Waals surface area contributed by atoms with Gasteiger partial charge in [0.05, 0.1) is 5.56 Å². The van der Waals surface area contributed by atoms with E-state index < -0.39 is 0 Å². The lowest BCUT2D eigenvalue weighted by Gasteiger charge is -2.05. The van der Waals surface area contributed by atoms with Gasteiger partial charge in [0, 0.05) is 30.2 Å². The van der Waals surface area contributed by atoms with Gasteiger partial charge in [0.15, 0.2) is 5.78 Å². The molecule has 0 atom stereocenters. The predicted octanol–water partition coefficient (Wildman–Crippen LogP) is 5.07. The van der Waals surface area contributed by atoms with E-state index in [9.17, 15) is 4.79 Å². The number of aromatic amines is 1. The summed E-state index contributed by atoms with van der Waals surface area (Å²) in [6.07, 6.45) is 0. The molecule has 0 aliphatic heterocycles. The van der Waals surface area contributed by atoms with Crippen LogP contribution in [0.1, 0.15) is 21.6 Å². The number of carbonyl (C=O) groups is 1. The average molecular weight is 440 g/mol. The van der Waals surface area contributed by atoms with Crippen molar-refractivity contribution in [3.63, 3.8) is 0 Å². The molecule has 0 fully saturated rings. The van der Waals surface area contributed by atoms with Crippen LogP contribution in [0.2, 0.25) is 0 Å². The van der Waals surface area contributed by atoms with Crippen LogP contribution in [0.4, 0.5) is 0 Å². The number of halogens is 2. The van der Waals surface area contributed by atoms with Crippen molar-refractivity contribution in [3.8, 4) is 0 Å². The van der Waals surface area contributed by atoms with Crippen LogP contribution in [-0.4, -0.2) is 10.8 Å². The average Bonchev–Trinajstić information content (AvgIpc) is 2.76. The highest BCUT2D eigenvalue weighted by Gasteiger charge is 2.19. The third kappa shape index (κ3) is 2.31. The zero-order chi connectivity index (χ0) is 14.3. The first-order valence-electron chi connectivity index (χ1n) is 6.15. The summed E-state index contributed by atoms with van der Waals surface area (Å²) >= 11 is 5.63. The van der Waals surface area contributed by atoms with Crippen LogP contribution in [0.15, 0.2) is 46.9 Å². The molecule has 1 aromatic heterocycles. The molecule has 0 radical (unpaired) electrons. The van der Waals surface area contributed by atoms with E-state index in [1.54, 1.807) is 0 Å². The highest BCUT2D eigenvalue weighted by atomic mass is 127. The number of para-hydroxylation sites is 1. The van der Waals surface area contributed by atoms with Gasteiger partial charge in [-0.15, -0.1) is 0 Å². The van der Waals surface area contributed by atoms with Gasteiger partial charge in [0.1, 0.15) is 0 Å². The molecule has 0 spiro atoms. The predicted molar refractivity (Wildman–Crippen MR) is 93.3 cm³/mol. The SMILES string of the molecule is Cc1[nH]c2ccccc2c1C(=O)c1cc(Br)ccc1I. The van der Waals surface area contributed by atoms with Gasteiger partial charge in [-0.2, -0.15) is 0 Å². The Balaban J connectivity index is 2.22. The quantitative estimate of drug-likeness (QED) is 0.438. The first kappa shape index (κ1) is 13.8. The van der Waals surface area contributed by atoms with Crippen molar-refractivity contribution in [2.24, 2.45) is 0 Å². The maximum Gasteiger partial charge on any atom is 0.196 e. The number of aryl methyl sites for hydroxylation is 1. The number of H-pyrrole nitrogens is 1. The lowest BCUT2D eigenvalue weighted by atomic mass is 10.0. The summed E-state index contributed by atoms with van der Waals surface area (Å²) in [7, 11) is 0. The van der Waals surface area contributed by atoms with E-state index >= 15 is 0 Å². The molecular formula is C16H11BrINO. The molecule has 1 N–H and O–H groups in total. The van der Waals surface area contributed by atoms with Crippen LogP contribution in [0.25, 0.3) is 10.9 Å². The second-order valence-corrected chi connectivity index (χ2v) is 6.70. The first-order chi connectivity index (χ1) is 9.58. The lowest BCUT2D eigenvalue weighted by molar-refractivity contribution is 0.103. The van der Waals surface area contributed by atoms with E-state index in [1.807, 2.05) is 49.4 Å². The number of ketones is 1. The monoisotopic (exact) mass is 439 g/mol. The third-order valence-corrected chi connectivity index (χ3v) is 4.73. The number of nitrogens with one attached hydrogen (secondary N) is 1. The van der Waals surface area contributed by atoms with Crippen LogP contribution >= 0.6 is 38.5 Å². The fourth-order valence-corrected chi connectivity index (χ4v) is 3.32. The van der Waals surface area contributed by atoms with E-state index in [0.717, 1.165) is 35.8 Å². The summed E-state index contributed by atoms with van der Waals surface area (Å²) in [6, 6.07) is 13.7. The molecule has 0 amide bonds. The topological polar surface area (TPSA) is 32.9 Å². The smallest absolute Gasteiger partial charge is 0.196 e. The minimum absolute atomic E-state index is 0.0608. The van der Waals surface area contributed by atoms with Crippen LogP contribution in [0.5, 0.6) is 0 Å². The van der Waals surface area contributed by atoms with Crippen LogP contribution in [0.3, 0.4) is 0 Å². The Labute approximate surface area is 138 Å². The summed E-state index contributed by atoms with van der Waals surface area (Å²) in [5.41, 5.74) is 3.40. The number of fused-ring (bicyclic) bond motifs is 1. The molecule has 20 heavy (non-hydrogen) atoms. The first-order valence-corrected chi connectivity index (χ1v) is 8.02. The molecule has 0 saturated heterocycles. The number of hydrogen-bond acceptors (Lipinski definition) is 1. The normalized spacial score (nSPS) is 10.9. The summed E-state index contributed by atoms with van der Waals surface area (Å²) in [5.74, 6) is 0.0608. The zero-order valence-corrected chi connectivity index (χ0v) is 14.4. The number of rotatable bonds is 2. The Bertz CT molecular complexity index is 822. The summed E-state index contributed by atoms with van der Waals surface area (Å²) in [4.78, 5) is 16.1. The summed E-state index contributed by atoms with van der Waals surface area (Å²) in [5, 5.41) is 0.978. The molecule has 2 nitrogen and oxygen atoms in total. The fraction of sp³-hybridized carbons (Fsp3) is 0.0625. The van der Waals surface area contributed by atoms with Gasteiger partial charge >= 0.3 is 0 Å². The molecule has 0 unspecified atom stereocenters. The molecule has 0 saturated carbocycles. The molecule has 0 aliphatic rings. The van der Waals surface area contributed by atoms with Gasteiger partial charge in [-0.3, -0.25) is 4.79 Å². The lowest BCUT2D eigenvalue weighted by Crippen LogP contribution is -2.05. The maximum absolute atomic E-state index is 12.9. The van der Waals surface area contributed by atoms with Crippen molar-refractivity contribution in [2.45, 2.75) is 6.92 Å².